The molecule has 0 unspecified atom stereocenters. The lowest BCUT2D eigenvalue weighted by molar-refractivity contribution is -0.181. The monoisotopic (exact) mass is 323 g/mol. The number of esters is 1. The number of hydrogen-bond donors (Lipinski definition) is 1. The van der Waals surface area contributed by atoms with Gasteiger partial charge in [-0.05, 0) is 19.3 Å². The molecule has 0 radical (unpaired) electrons. The maximum Gasteiger partial charge on any atom is 0.330 e. The molecule has 2 amide bonds. The summed E-state index contributed by atoms with van der Waals surface area (Å²) in [5, 5.41) is 2.55. The Morgan fingerprint density at radius 1 is 1.30 bits per heavy atom. The Balaban J connectivity index is 0.00000180. The largest absolute Gasteiger partial charge is 0.467 e. The van der Waals surface area contributed by atoms with E-state index in [-0.39, 0.29) is 45.2 Å². The molecule has 20 heavy (non-hydrogen) atoms. The first-order valence-electron chi connectivity index (χ1n) is 6.03. The number of hydrazine groups is 1. The van der Waals surface area contributed by atoms with Crippen LogP contribution >= 0.6 is 27.0 Å². The number of nitrogens with two attached hydrogens (primary N) is 1. The summed E-state index contributed by atoms with van der Waals surface area (Å²) in [6, 6.07) is -1.46. The number of carbonyl (C=O) groups excluding carboxylic acids is 3. The number of carbonyl (C=O) groups is 3. The van der Waals surface area contributed by atoms with Crippen molar-refractivity contribution in [3.63, 3.8) is 0 Å². The third-order valence-electron chi connectivity index (χ3n) is 3.38. The van der Waals surface area contributed by atoms with Crippen LogP contribution in [0.25, 0.3) is 0 Å². The standard InChI is InChI=1S/C11H17N3O4.2H2S/c1-18-11(17)8-3-2-6-13-9(15)5-4-7(12)10(16)14(8)13;;/h7-8H,2-6,12H2,1H3;2*1H2/t7-,8-;;/m0../s1. The molecule has 2 atom stereocenters. The molecule has 2 rings (SSSR count). The Hall–Kier alpha value is -0.930. The van der Waals surface area contributed by atoms with Crippen molar-refractivity contribution in [2.45, 2.75) is 37.8 Å². The van der Waals surface area contributed by atoms with Crippen LogP contribution in [0.3, 0.4) is 0 Å². The van der Waals surface area contributed by atoms with Crippen molar-refractivity contribution in [2.24, 2.45) is 5.73 Å². The van der Waals surface area contributed by atoms with E-state index in [2.05, 4.69) is 4.74 Å². The van der Waals surface area contributed by atoms with E-state index in [1.54, 1.807) is 0 Å². The van der Waals surface area contributed by atoms with Crippen LogP contribution in [-0.2, 0) is 19.1 Å². The number of hydrogen-bond acceptors (Lipinski definition) is 5. The second-order valence-corrected chi connectivity index (χ2v) is 4.53. The Morgan fingerprint density at radius 2 is 1.95 bits per heavy atom. The number of fused-ring (bicyclic) bond motifs is 1. The molecule has 9 heteroatoms. The van der Waals surface area contributed by atoms with E-state index in [9.17, 15) is 14.4 Å². The minimum Gasteiger partial charge on any atom is -0.467 e. The molecular formula is C11H21N3O4S2. The van der Waals surface area contributed by atoms with Gasteiger partial charge in [0, 0.05) is 13.0 Å². The quantitative estimate of drug-likeness (QED) is 0.640. The first-order chi connectivity index (χ1) is 8.56. The molecule has 2 aliphatic rings. The van der Waals surface area contributed by atoms with Crippen molar-refractivity contribution in [3.8, 4) is 0 Å². The molecule has 2 saturated heterocycles. The van der Waals surface area contributed by atoms with Crippen LogP contribution in [0, 0.1) is 0 Å². The van der Waals surface area contributed by atoms with E-state index < -0.39 is 18.1 Å². The fourth-order valence-electron chi connectivity index (χ4n) is 2.41. The summed E-state index contributed by atoms with van der Waals surface area (Å²) in [6.07, 6.45) is 1.72. The average Bonchev–Trinajstić information content (AvgIpc) is 2.50. The molecule has 2 aliphatic heterocycles. The van der Waals surface area contributed by atoms with Gasteiger partial charge in [-0.3, -0.25) is 14.6 Å². The smallest absolute Gasteiger partial charge is 0.330 e. The number of rotatable bonds is 1. The summed E-state index contributed by atoms with van der Waals surface area (Å²) in [4.78, 5) is 35.8. The summed E-state index contributed by atoms with van der Waals surface area (Å²) < 4.78 is 4.69. The molecular weight excluding hydrogens is 302 g/mol. The molecule has 0 aromatic heterocycles. The second kappa shape index (κ2) is 7.75. The van der Waals surface area contributed by atoms with Gasteiger partial charge in [0.2, 0.25) is 5.91 Å². The predicted molar refractivity (Wildman–Crippen MR) is 81.6 cm³/mol. The molecule has 0 spiro atoms. The average molecular weight is 323 g/mol. The van der Waals surface area contributed by atoms with Crippen molar-refractivity contribution >= 4 is 44.8 Å². The molecule has 2 N–H and O–H groups in total. The van der Waals surface area contributed by atoms with Crippen LogP contribution in [0.4, 0.5) is 0 Å². The summed E-state index contributed by atoms with van der Waals surface area (Å²) in [6.45, 7) is 0.449. The molecule has 0 aromatic rings. The lowest BCUT2D eigenvalue weighted by atomic mass is 10.1. The number of ether oxygens (including phenoxy) is 1. The van der Waals surface area contributed by atoms with E-state index in [1.807, 2.05) is 0 Å². The summed E-state index contributed by atoms with van der Waals surface area (Å²) in [5.41, 5.74) is 5.73. The van der Waals surface area contributed by atoms with Gasteiger partial charge in [0.15, 0.2) is 6.04 Å². The topological polar surface area (TPSA) is 92.9 Å². The highest BCUT2D eigenvalue weighted by Crippen LogP contribution is 2.24. The zero-order chi connectivity index (χ0) is 13.3. The van der Waals surface area contributed by atoms with Crippen LogP contribution in [0.1, 0.15) is 25.7 Å². The molecule has 0 saturated carbocycles. The molecule has 0 bridgehead atoms. The summed E-state index contributed by atoms with van der Waals surface area (Å²) in [7, 11) is 1.27. The number of nitrogens with zero attached hydrogens (tertiary/aromatic N) is 2. The van der Waals surface area contributed by atoms with Crippen molar-refractivity contribution in [1.82, 2.24) is 10.0 Å². The van der Waals surface area contributed by atoms with E-state index in [0.717, 1.165) is 0 Å². The van der Waals surface area contributed by atoms with Crippen molar-refractivity contribution in [3.05, 3.63) is 0 Å². The lowest BCUT2D eigenvalue weighted by Crippen LogP contribution is -2.61. The first-order valence-corrected chi connectivity index (χ1v) is 6.03. The Labute approximate surface area is 131 Å². The molecule has 0 aliphatic carbocycles. The van der Waals surface area contributed by atoms with Gasteiger partial charge in [-0.1, -0.05) is 0 Å². The maximum absolute atomic E-state index is 12.2. The van der Waals surface area contributed by atoms with Crippen LogP contribution in [0.5, 0.6) is 0 Å². The molecule has 116 valence electrons. The van der Waals surface area contributed by atoms with E-state index in [4.69, 9.17) is 5.73 Å². The van der Waals surface area contributed by atoms with Crippen molar-refractivity contribution in [1.29, 1.82) is 0 Å². The van der Waals surface area contributed by atoms with Crippen LogP contribution in [-0.4, -0.2) is 53.5 Å². The van der Waals surface area contributed by atoms with Gasteiger partial charge < -0.3 is 10.5 Å². The summed E-state index contributed by atoms with van der Waals surface area (Å²) in [5.74, 6) is -1.05. The third-order valence-corrected chi connectivity index (χ3v) is 3.38. The van der Waals surface area contributed by atoms with Crippen LogP contribution < -0.4 is 5.73 Å². The molecule has 0 aromatic carbocycles. The van der Waals surface area contributed by atoms with Crippen LogP contribution in [0.15, 0.2) is 0 Å². The van der Waals surface area contributed by atoms with Gasteiger partial charge in [0.1, 0.15) is 0 Å². The summed E-state index contributed by atoms with van der Waals surface area (Å²) >= 11 is 0. The van der Waals surface area contributed by atoms with Crippen molar-refractivity contribution < 1.29 is 19.1 Å². The Morgan fingerprint density at radius 3 is 2.55 bits per heavy atom. The zero-order valence-electron chi connectivity index (χ0n) is 11.3. The highest BCUT2D eigenvalue weighted by Gasteiger charge is 2.43. The Kier molecular flexibility index (Phi) is 7.39. The number of amides is 2. The van der Waals surface area contributed by atoms with E-state index >= 15 is 0 Å². The Bertz CT molecular complexity index is 394. The van der Waals surface area contributed by atoms with E-state index in [0.29, 0.717) is 25.8 Å². The van der Waals surface area contributed by atoms with Crippen molar-refractivity contribution in [2.75, 3.05) is 13.7 Å². The molecule has 2 heterocycles. The highest BCUT2D eigenvalue weighted by atomic mass is 32.1. The fourth-order valence-corrected chi connectivity index (χ4v) is 2.41. The normalized spacial score (nSPS) is 25.9. The maximum atomic E-state index is 12.2. The van der Waals surface area contributed by atoms with Gasteiger partial charge >= 0.3 is 5.97 Å². The van der Waals surface area contributed by atoms with E-state index in [1.165, 1.54) is 17.1 Å². The van der Waals surface area contributed by atoms with Gasteiger partial charge in [0.25, 0.3) is 5.91 Å². The lowest BCUT2D eigenvalue weighted by Gasteiger charge is -2.42. The van der Waals surface area contributed by atoms with Gasteiger partial charge in [-0.25, -0.2) is 9.80 Å². The molecule has 2 fully saturated rings. The van der Waals surface area contributed by atoms with Gasteiger partial charge in [0.05, 0.1) is 13.2 Å². The minimum absolute atomic E-state index is 0. The van der Waals surface area contributed by atoms with Gasteiger partial charge in [-0.15, -0.1) is 0 Å². The predicted octanol–water partition coefficient (Wildman–Crippen LogP) is -0.759. The van der Waals surface area contributed by atoms with Gasteiger partial charge in [-0.2, -0.15) is 27.0 Å². The van der Waals surface area contributed by atoms with Crippen LogP contribution in [0.2, 0.25) is 0 Å². The first kappa shape index (κ1) is 19.1. The third kappa shape index (κ3) is 3.39. The highest BCUT2D eigenvalue weighted by molar-refractivity contribution is 7.59. The zero-order valence-corrected chi connectivity index (χ0v) is 13.3. The fraction of sp³-hybridized carbons (Fsp3) is 0.727. The molecule has 7 nitrogen and oxygen atoms in total. The minimum atomic E-state index is -0.732. The SMILES string of the molecule is COC(=O)[C@@H]1CCCN2C(=O)CC[C@H](N)C(=O)N12.S.S. The number of methoxy groups -OCH3 is 1. The second-order valence-electron chi connectivity index (χ2n) is 4.53.